The normalized spacial score (nSPS) is 21.6. The molecule has 2 aromatic carbocycles. The lowest BCUT2D eigenvalue weighted by Crippen LogP contribution is -2.47. The van der Waals surface area contributed by atoms with Gasteiger partial charge in [0.05, 0.1) is 18.2 Å². The lowest BCUT2D eigenvalue weighted by molar-refractivity contribution is -0.128. The molecule has 29 heavy (non-hydrogen) atoms. The SMILES string of the molecule is O=C1CCCN1Cc1ccc(F)c(N2CCC(c3ccc(O)cc3)C(F)(F)C2)c1. The highest BCUT2D eigenvalue weighted by Gasteiger charge is 2.45. The fraction of sp³-hybridized carbons (Fsp3) is 0.409. The van der Waals surface area contributed by atoms with Gasteiger partial charge in [0.2, 0.25) is 5.91 Å². The van der Waals surface area contributed by atoms with E-state index in [0.29, 0.717) is 31.6 Å². The van der Waals surface area contributed by atoms with Gasteiger partial charge in [-0.25, -0.2) is 13.2 Å². The van der Waals surface area contributed by atoms with Crippen molar-refractivity contribution >= 4 is 11.6 Å². The van der Waals surface area contributed by atoms with Crippen LogP contribution in [-0.4, -0.2) is 41.5 Å². The first kappa shape index (κ1) is 19.6. The van der Waals surface area contributed by atoms with Crippen LogP contribution in [-0.2, 0) is 11.3 Å². The van der Waals surface area contributed by atoms with Gasteiger partial charge in [-0.05, 0) is 48.2 Å². The number of aromatic hydroxyl groups is 1. The molecule has 2 saturated heterocycles. The van der Waals surface area contributed by atoms with Gasteiger partial charge in [-0.2, -0.15) is 0 Å². The standard InChI is InChI=1S/C22H23F3N2O2/c23-19-8-3-15(13-26-10-1-2-21(26)29)12-20(19)27-11-9-18(22(24,25)14-27)16-4-6-17(28)7-5-16/h3-8,12,18,28H,1-2,9-11,13-14H2. The van der Waals surface area contributed by atoms with Gasteiger partial charge < -0.3 is 14.9 Å². The molecule has 1 atom stereocenters. The van der Waals surface area contributed by atoms with Gasteiger partial charge in [-0.15, -0.1) is 0 Å². The number of phenols is 1. The van der Waals surface area contributed by atoms with Crippen LogP contribution in [0.4, 0.5) is 18.9 Å². The summed E-state index contributed by atoms with van der Waals surface area (Å²) in [6.07, 6.45) is 1.50. The zero-order chi connectivity index (χ0) is 20.6. The van der Waals surface area contributed by atoms with Crippen molar-refractivity contribution in [3.63, 3.8) is 0 Å². The molecule has 2 fully saturated rings. The number of hydrogen-bond acceptors (Lipinski definition) is 3. The maximum atomic E-state index is 14.9. The summed E-state index contributed by atoms with van der Waals surface area (Å²) in [5.74, 6) is -4.46. The number of carbonyl (C=O) groups excluding carboxylic acids is 1. The molecule has 2 aliphatic rings. The number of benzene rings is 2. The number of nitrogens with zero attached hydrogens (tertiary/aromatic N) is 2. The lowest BCUT2D eigenvalue weighted by atomic mass is 9.86. The van der Waals surface area contributed by atoms with Crippen LogP contribution in [0.3, 0.4) is 0 Å². The van der Waals surface area contributed by atoms with Crippen LogP contribution in [0.5, 0.6) is 5.75 Å². The average molecular weight is 404 g/mol. The summed E-state index contributed by atoms with van der Waals surface area (Å²) in [6, 6.07) is 10.3. The van der Waals surface area contributed by atoms with Crippen LogP contribution in [0.2, 0.25) is 0 Å². The predicted molar refractivity (Wildman–Crippen MR) is 104 cm³/mol. The third-order valence-corrected chi connectivity index (χ3v) is 5.79. The fourth-order valence-electron chi connectivity index (χ4n) is 4.25. The number of likely N-dealkylation sites (tertiary alicyclic amines) is 1. The predicted octanol–water partition coefficient (Wildman–Crippen LogP) is 4.28. The number of amides is 1. The van der Waals surface area contributed by atoms with E-state index in [4.69, 9.17) is 0 Å². The van der Waals surface area contributed by atoms with Gasteiger partial charge >= 0.3 is 0 Å². The van der Waals surface area contributed by atoms with E-state index in [9.17, 15) is 23.1 Å². The highest BCUT2D eigenvalue weighted by molar-refractivity contribution is 5.78. The van der Waals surface area contributed by atoms with Crippen molar-refractivity contribution in [1.82, 2.24) is 4.90 Å². The first-order valence-electron chi connectivity index (χ1n) is 9.81. The number of phenolic OH excluding ortho intramolecular Hbond substituents is 1. The summed E-state index contributed by atoms with van der Waals surface area (Å²) >= 11 is 0. The molecular weight excluding hydrogens is 381 g/mol. The van der Waals surface area contributed by atoms with Crippen LogP contribution >= 0.6 is 0 Å². The van der Waals surface area contributed by atoms with E-state index in [1.165, 1.54) is 35.2 Å². The van der Waals surface area contributed by atoms with E-state index in [1.54, 1.807) is 17.0 Å². The summed E-state index contributed by atoms with van der Waals surface area (Å²) in [6.45, 7) is 0.750. The molecule has 2 heterocycles. The minimum absolute atomic E-state index is 0.0323. The Morgan fingerprint density at radius 3 is 2.52 bits per heavy atom. The van der Waals surface area contributed by atoms with Gasteiger partial charge in [-0.1, -0.05) is 18.2 Å². The van der Waals surface area contributed by atoms with Gasteiger partial charge in [0.1, 0.15) is 11.6 Å². The number of halogens is 3. The molecule has 0 aliphatic carbocycles. The second kappa shape index (κ2) is 7.61. The monoisotopic (exact) mass is 404 g/mol. The average Bonchev–Trinajstić information content (AvgIpc) is 3.08. The molecule has 0 spiro atoms. The molecule has 154 valence electrons. The number of anilines is 1. The van der Waals surface area contributed by atoms with Crippen molar-refractivity contribution < 1.29 is 23.1 Å². The number of rotatable bonds is 4. The number of hydrogen-bond donors (Lipinski definition) is 1. The smallest absolute Gasteiger partial charge is 0.272 e. The molecule has 4 rings (SSSR count). The number of carbonyl (C=O) groups is 1. The topological polar surface area (TPSA) is 43.8 Å². The second-order valence-corrected chi connectivity index (χ2v) is 7.82. The van der Waals surface area contributed by atoms with E-state index < -0.39 is 24.2 Å². The van der Waals surface area contributed by atoms with E-state index in [-0.39, 0.29) is 23.8 Å². The van der Waals surface area contributed by atoms with E-state index in [1.807, 2.05) is 0 Å². The van der Waals surface area contributed by atoms with E-state index in [2.05, 4.69) is 0 Å². The molecule has 2 aromatic rings. The summed E-state index contributed by atoms with van der Waals surface area (Å²) < 4.78 is 44.3. The summed E-state index contributed by atoms with van der Waals surface area (Å²) in [4.78, 5) is 14.9. The van der Waals surface area contributed by atoms with Crippen molar-refractivity contribution in [3.8, 4) is 5.75 Å². The molecule has 0 radical (unpaired) electrons. The molecule has 2 aliphatic heterocycles. The van der Waals surface area contributed by atoms with Crippen LogP contribution in [0.25, 0.3) is 0 Å². The van der Waals surface area contributed by atoms with E-state index >= 15 is 0 Å². The van der Waals surface area contributed by atoms with Crippen LogP contribution in [0.15, 0.2) is 42.5 Å². The Kier molecular flexibility index (Phi) is 5.15. The third-order valence-electron chi connectivity index (χ3n) is 5.79. The van der Waals surface area contributed by atoms with Crippen LogP contribution in [0, 0.1) is 5.82 Å². The zero-order valence-corrected chi connectivity index (χ0v) is 16.0. The highest BCUT2D eigenvalue weighted by Crippen LogP contribution is 2.42. The second-order valence-electron chi connectivity index (χ2n) is 7.82. The zero-order valence-electron chi connectivity index (χ0n) is 16.0. The minimum Gasteiger partial charge on any atom is -0.508 e. The molecule has 7 heteroatoms. The Balaban J connectivity index is 1.52. The van der Waals surface area contributed by atoms with Gasteiger partial charge in [0, 0.05) is 26.1 Å². The number of piperidine rings is 1. The first-order valence-corrected chi connectivity index (χ1v) is 9.81. The quantitative estimate of drug-likeness (QED) is 0.827. The summed E-state index contributed by atoms with van der Waals surface area (Å²) in [5.41, 5.74) is 1.35. The van der Waals surface area contributed by atoms with Crippen molar-refractivity contribution in [2.24, 2.45) is 0 Å². The third kappa shape index (κ3) is 4.04. The Morgan fingerprint density at radius 1 is 1.10 bits per heavy atom. The number of alkyl halides is 2. The molecule has 1 unspecified atom stereocenters. The summed E-state index contributed by atoms with van der Waals surface area (Å²) in [5, 5.41) is 9.39. The molecule has 0 aromatic heterocycles. The fourth-order valence-corrected chi connectivity index (χ4v) is 4.25. The Hall–Kier alpha value is -2.70. The van der Waals surface area contributed by atoms with Crippen molar-refractivity contribution in [1.29, 1.82) is 0 Å². The van der Waals surface area contributed by atoms with Crippen LogP contribution in [0.1, 0.15) is 36.3 Å². The molecule has 0 bridgehead atoms. The maximum Gasteiger partial charge on any atom is 0.272 e. The molecule has 1 N–H and O–H groups in total. The van der Waals surface area contributed by atoms with Gasteiger partial charge in [0.25, 0.3) is 5.92 Å². The van der Waals surface area contributed by atoms with Crippen LogP contribution < -0.4 is 4.90 Å². The molecule has 1 amide bonds. The maximum absolute atomic E-state index is 14.9. The molecule has 0 saturated carbocycles. The molecular formula is C22H23F3N2O2. The Morgan fingerprint density at radius 2 is 1.86 bits per heavy atom. The van der Waals surface area contributed by atoms with Gasteiger partial charge in [-0.3, -0.25) is 4.79 Å². The van der Waals surface area contributed by atoms with E-state index in [0.717, 1.165) is 12.0 Å². The first-order chi connectivity index (χ1) is 13.8. The summed E-state index contributed by atoms with van der Waals surface area (Å²) in [7, 11) is 0. The highest BCUT2D eigenvalue weighted by atomic mass is 19.3. The largest absolute Gasteiger partial charge is 0.508 e. The Labute approximate surface area is 167 Å². The van der Waals surface area contributed by atoms with Crippen molar-refractivity contribution in [2.45, 2.75) is 37.6 Å². The lowest BCUT2D eigenvalue weighted by Gasteiger charge is -2.40. The Bertz CT molecular complexity index is 901. The van der Waals surface area contributed by atoms with Crippen molar-refractivity contribution in [3.05, 3.63) is 59.4 Å². The minimum atomic E-state index is -3.04. The molecule has 4 nitrogen and oxygen atoms in total. The van der Waals surface area contributed by atoms with Crippen molar-refractivity contribution in [2.75, 3.05) is 24.5 Å². The van der Waals surface area contributed by atoms with Gasteiger partial charge in [0.15, 0.2) is 0 Å².